The van der Waals surface area contributed by atoms with E-state index in [9.17, 15) is 4.79 Å². The molecule has 1 heterocycles. The van der Waals surface area contributed by atoms with Crippen LogP contribution in [0, 0.1) is 0 Å². The van der Waals surface area contributed by atoms with Crippen molar-refractivity contribution >= 4 is 40.6 Å². The zero-order valence-electron chi connectivity index (χ0n) is 13.2. The number of rotatable bonds is 5. The van der Waals surface area contributed by atoms with Crippen molar-refractivity contribution in [3.63, 3.8) is 0 Å². The minimum atomic E-state index is -0.208. The lowest BCUT2D eigenvalue weighted by atomic mass is 10.2. The van der Waals surface area contributed by atoms with Crippen molar-refractivity contribution < 1.29 is 4.79 Å². The third-order valence-electron chi connectivity index (χ3n) is 3.51. The molecule has 0 spiro atoms. The Bertz CT molecular complexity index is 847. The van der Waals surface area contributed by atoms with Crippen LogP contribution in [0.1, 0.15) is 15.9 Å². The van der Waals surface area contributed by atoms with Gasteiger partial charge in [0.05, 0.1) is 11.9 Å². The summed E-state index contributed by atoms with van der Waals surface area (Å²) in [7, 11) is 0. The Labute approximate surface area is 155 Å². The van der Waals surface area contributed by atoms with E-state index in [0.29, 0.717) is 27.8 Å². The van der Waals surface area contributed by atoms with Gasteiger partial charge in [0.25, 0.3) is 5.91 Å². The first-order valence-corrected chi connectivity index (χ1v) is 8.37. The van der Waals surface area contributed by atoms with Gasteiger partial charge < -0.3 is 10.6 Å². The number of amides is 1. The van der Waals surface area contributed by atoms with E-state index in [1.807, 2.05) is 30.3 Å². The monoisotopic (exact) mass is 371 g/mol. The molecule has 0 aliphatic rings. The van der Waals surface area contributed by atoms with Crippen molar-refractivity contribution in [3.8, 4) is 0 Å². The second kappa shape index (κ2) is 8.01. The van der Waals surface area contributed by atoms with Gasteiger partial charge >= 0.3 is 0 Å². The number of nitrogens with zero attached hydrogens (tertiary/aromatic N) is 1. The molecule has 25 heavy (non-hydrogen) atoms. The van der Waals surface area contributed by atoms with Gasteiger partial charge in [-0.25, -0.2) is 4.98 Å². The van der Waals surface area contributed by atoms with Crippen LogP contribution in [0.25, 0.3) is 0 Å². The van der Waals surface area contributed by atoms with Crippen molar-refractivity contribution in [1.82, 2.24) is 4.98 Å². The lowest BCUT2D eigenvalue weighted by molar-refractivity contribution is 0.102. The number of pyridine rings is 1. The van der Waals surface area contributed by atoms with E-state index in [4.69, 9.17) is 23.2 Å². The number of hydrogen-bond acceptors (Lipinski definition) is 3. The summed E-state index contributed by atoms with van der Waals surface area (Å²) >= 11 is 11.7. The van der Waals surface area contributed by atoms with Gasteiger partial charge in [0.15, 0.2) is 0 Å². The molecule has 0 saturated heterocycles. The fraction of sp³-hybridized carbons (Fsp3) is 0.0526. The summed E-state index contributed by atoms with van der Waals surface area (Å²) in [6.07, 6.45) is 1.61. The molecule has 0 saturated carbocycles. The third-order valence-corrected chi connectivity index (χ3v) is 4.02. The van der Waals surface area contributed by atoms with E-state index >= 15 is 0 Å². The van der Waals surface area contributed by atoms with Gasteiger partial charge in [-0.3, -0.25) is 4.79 Å². The summed E-state index contributed by atoms with van der Waals surface area (Å²) in [5, 5.41) is 7.32. The first kappa shape index (κ1) is 17.3. The molecule has 3 aromatic rings. The fourth-order valence-corrected chi connectivity index (χ4v) is 2.42. The molecule has 2 N–H and O–H groups in total. The molecule has 0 atom stereocenters. The van der Waals surface area contributed by atoms with E-state index in [-0.39, 0.29) is 5.91 Å². The van der Waals surface area contributed by atoms with Crippen molar-refractivity contribution in [1.29, 1.82) is 0 Å². The normalized spacial score (nSPS) is 10.3. The van der Waals surface area contributed by atoms with Crippen molar-refractivity contribution in [2.24, 2.45) is 0 Å². The van der Waals surface area contributed by atoms with Crippen LogP contribution in [0.3, 0.4) is 0 Å². The molecule has 3 rings (SSSR count). The highest BCUT2D eigenvalue weighted by Gasteiger charge is 2.06. The summed E-state index contributed by atoms with van der Waals surface area (Å²) in [6.45, 7) is 0.640. The highest BCUT2D eigenvalue weighted by Crippen LogP contribution is 2.15. The fourth-order valence-electron chi connectivity index (χ4n) is 2.17. The van der Waals surface area contributed by atoms with Gasteiger partial charge in [0.1, 0.15) is 5.82 Å². The molecule has 0 fully saturated rings. The highest BCUT2D eigenvalue weighted by molar-refractivity contribution is 6.30. The molecule has 0 radical (unpaired) electrons. The van der Waals surface area contributed by atoms with Gasteiger partial charge in [-0.15, -0.1) is 0 Å². The van der Waals surface area contributed by atoms with Crippen LogP contribution >= 0.6 is 23.2 Å². The number of carbonyl (C=O) groups is 1. The number of nitrogens with one attached hydrogen (secondary N) is 2. The van der Waals surface area contributed by atoms with Crippen LogP contribution < -0.4 is 10.6 Å². The third kappa shape index (κ3) is 4.95. The topological polar surface area (TPSA) is 54.0 Å². The Kier molecular flexibility index (Phi) is 5.53. The average molecular weight is 372 g/mol. The highest BCUT2D eigenvalue weighted by atomic mass is 35.5. The summed E-state index contributed by atoms with van der Waals surface area (Å²) in [5.41, 5.74) is 2.26. The van der Waals surface area contributed by atoms with Crippen LogP contribution in [0.15, 0.2) is 66.9 Å². The van der Waals surface area contributed by atoms with Crippen molar-refractivity contribution in [2.75, 3.05) is 10.6 Å². The summed E-state index contributed by atoms with van der Waals surface area (Å²) in [6, 6.07) is 17.9. The zero-order valence-corrected chi connectivity index (χ0v) is 14.7. The van der Waals surface area contributed by atoms with Gasteiger partial charge in [0, 0.05) is 22.2 Å². The lowest BCUT2D eigenvalue weighted by Crippen LogP contribution is -2.12. The minimum absolute atomic E-state index is 0.208. The number of aromatic nitrogens is 1. The molecule has 0 aliphatic heterocycles. The number of anilines is 2. The Balaban J connectivity index is 1.57. The van der Waals surface area contributed by atoms with Crippen molar-refractivity contribution in [3.05, 3.63) is 88.0 Å². The Hall–Kier alpha value is -2.56. The molecule has 2 aromatic carbocycles. The van der Waals surface area contributed by atoms with Gasteiger partial charge in [-0.1, -0.05) is 35.3 Å². The maximum Gasteiger partial charge on any atom is 0.255 e. The first-order valence-electron chi connectivity index (χ1n) is 7.61. The van der Waals surface area contributed by atoms with Gasteiger partial charge in [-0.05, 0) is 54.1 Å². The minimum Gasteiger partial charge on any atom is -0.366 e. The van der Waals surface area contributed by atoms with Gasteiger partial charge in [0.2, 0.25) is 0 Å². The molecule has 4 nitrogen and oxygen atoms in total. The number of halogens is 2. The smallest absolute Gasteiger partial charge is 0.255 e. The van der Waals surface area contributed by atoms with Crippen LogP contribution in [-0.2, 0) is 6.54 Å². The number of carbonyl (C=O) groups excluding carboxylic acids is 1. The van der Waals surface area contributed by atoms with Crippen LogP contribution in [0.4, 0.5) is 11.5 Å². The van der Waals surface area contributed by atoms with Crippen LogP contribution in [0.2, 0.25) is 10.0 Å². The molecular weight excluding hydrogens is 357 g/mol. The summed E-state index contributed by atoms with van der Waals surface area (Å²) in [5.74, 6) is 0.514. The lowest BCUT2D eigenvalue weighted by Gasteiger charge is -2.08. The molecule has 1 amide bonds. The predicted octanol–water partition coefficient (Wildman–Crippen LogP) is 5.25. The first-order chi connectivity index (χ1) is 12.1. The Morgan fingerprint density at radius 3 is 2.12 bits per heavy atom. The average Bonchev–Trinajstić information content (AvgIpc) is 2.63. The largest absolute Gasteiger partial charge is 0.366 e. The zero-order chi connectivity index (χ0) is 17.6. The molecule has 1 aromatic heterocycles. The van der Waals surface area contributed by atoms with E-state index < -0.39 is 0 Å². The number of benzene rings is 2. The summed E-state index contributed by atoms with van der Waals surface area (Å²) in [4.78, 5) is 16.4. The standard InChI is InChI=1S/C19H15Cl2N3O/c20-15-5-1-13(2-6-15)11-22-18-10-9-17(12-23-18)24-19(25)14-3-7-16(21)8-4-14/h1-10,12H,11H2,(H,22,23)(H,24,25). The van der Waals surface area contributed by atoms with Crippen molar-refractivity contribution in [2.45, 2.75) is 6.54 Å². The predicted molar refractivity (Wildman–Crippen MR) is 102 cm³/mol. The molecule has 6 heteroatoms. The molecule has 0 bridgehead atoms. The summed E-state index contributed by atoms with van der Waals surface area (Å²) < 4.78 is 0. The maximum absolute atomic E-state index is 12.1. The van der Waals surface area contributed by atoms with E-state index in [1.54, 1.807) is 36.5 Å². The number of hydrogen-bond donors (Lipinski definition) is 2. The molecule has 0 aliphatic carbocycles. The quantitative estimate of drug-likeness (QED) is 0.643. The molecular formula is C19H15Cl2N3O. The Morgan fingerprint density at radius 2 is 1.52 bits per heavy atom. The van der Waals surface area contributed by atoms with E-state index in [0.717, 1.165) is 11.4 Å². The molecule has 126 valence electrons. The van der Waals surface area contributed by atoms with E-state index in [1.165, 1.54) is 0 Å². The second-order valence-electron chi connectivity index (χ2n) is 5.37. The SMILES string of the molecule is O=C(Nc1ccc(NCc2ccc(Cl)cc2)nc1)c1ccc(Cl)cc1. The molecule has 0 unspecified atom stereocenters. The van der Waals surface area contributed by atoms with E-state index in [2.05, 4.69) is 15.6 Å². The maximum atomic E-state index is 12.1. The van der Waals surface area contributed by atoms with Crippen LogP contribution in [-0.4, -0.2) is 10.9 Å². The van der Waals surface area contributed by atoms with Gasteiger partial charge in [-0.2, -0.15) is 0 Å². The second-order valence-corrected chi connectivity index (χ2v) is 6.25. The van der Waals surface area contributed by atoms with Crippen LogP contribution in [0.5, 0.6) is 0 Å². The Morgan fingerprint density at radius 1 is 0.880 bits per heavy atom.